The van der Waals surface area contributed by atoms with E-state index >= 15 is 0 Å². The van der Waals surface area contributed by atoms with Crippen molar-refractivity contribution < 1.29 is 4.39 Å². The van der Waals surface area contributed by atoms with Crippen molar-refractivity contribution in [2.75, 3.05) is 0 Å². The Balaban J connectivity index is 1.99. The Hall–Kier alpha value is -1.19. The predicted molar refractivity (Wildman–Crippen MR) is 83.2 cm³/mol. The molecule has 1 unspecified atom stereocenters. The second-order valence-corrected chi connectivity index (χ2v) is 6.32. The lowest BCUT2D eigenvalue weighted by Gasteiger charge is -2.29. The van der Waals surface area contributed by atoms with Crippen molar-refractivity contribution in [2.24, 2.45) is 5.73 Å². The Morgan fingerprint density at radius 2 is 1.85 bits per heavy atom. The van der Waals surface area contributed by atoms with Gasteiger partial charge in [-0.2, -0.15) is 0 Å². The Morgan fingerprint density at radius 1 is 1.10 bits per heavy atom. The van der Waals surface area contributed by atoms with Crippen LogP contribution in [0.5, 0.6) is 0 Å². The van der Waals surface area contributed by atoms with Crippen LogP contribution in [-0.2, 0) is 0 Å². The summed E-state index contributed by atoms with van der Waals surface area (Å²) in [5, 5.41) is 0. The van der Waals surface area contributed by atoms with E-state index in [4.69, 9.17) is 5.73 Å². The minimum absolute atomic E-state index is 0.254. The number of benzene rings is 2. The number of rotatable bonds is 3. The number of halogens is 2. The van der Waals surface area contributed by atoms with Gasteiger partial charge in [0.05, 0.1) is 6.04 Å². The van der Waals surface area contributed by atoms with Crippen LogP contribution >= 0.6 is 15.9 Å². The Bertz CT molecular complexity index is 622. The van der Waals surface area contributed by atoms with E-state index < -0.39 is 6.04 Å². The van der Waals surface area contributed by atoms with Gasteiger partial charge in [-0.15, -0.1) is 0 Å². The average Bonchev–Trinajstić information content (AvgIpc) is 2.37. The van der Waals surface area contributed by atoms with Gasteiger partial charge in [-0.3, -0.25) is 0 Å². The summed E-state index contributed by atoms with van der Waals surface area (Å²) in [5.41, 5.74) is 9.22. The van der Waals surface area contributed by atoms with E-state index in [-0.39, 0.29) is 5.82 Å². The van der Waals surface area contributed by atoms with Gasteiger partial charge >= 0.3 is 0 Å². The summed E-state index contributed by atoms with van der Waals surface area (Å²) in [4.78, 5) is 0. The van der Waals surface area contributed by atoms with Gasteiger partial charge in [0.2, 0.25) is 0 Å². The lowest BCUT2D eigenvalue weighted by Crippen LogP contribution is -2.19. The molecule has 0 heterocycles. The zero-order valence-corrected chi connectivity index (χ0v) is 12.7. The van der Waals surface area contributed by atoms with Crippen LogP contribution in [0.15, 0.2) is 46.9 Å². The zero-order valence-electron chi connectivity index (χ0n) is 11.2. The summed E-state index contributed by atoms with van der Waals surface area (Å²) in [6.45, 7) is 0. The SMILES string of the molecule is NC(c1ccc(Br)cc1F)c1ccccc1C1CCC1. The third kappa shape index (κ3) is 2.52. The molecule has 104 valence electrons. The molecule has 1 saturated carbocycles. The van der Waals surface area contributed by atoms with Gasteiger partial charge in [0.15, 0.2) is 0 Å². The molecule has 1 atom stereocenters. The molecule has 1 nitrogen and oxygen atoms in total. The van der Waals surface area contributed by atoms with Crippen LogP contribution in [0.4, 0.5) is 4.39 Å². The topological polar surface area (TPSA) is 26.0 Å². The van der Waals surface area contributed by atoms with Gasteiger partial charge in [-0.05, 0) is 42.0 Å². The maximum absolute atomic E-state index is 14.1. The fourth-order valence-corrected chi connectivity index (χ4v) is 3.14. The molecule has 3 heteroatoms. The van der Waals surface area contributed by atoms with Gasteiger partial charge in [0, 0.05) is 10.0 Å². The highest BCUT2D eigenvalue weighted by atomic mass is 79.9. The third-order valence-corrected chi connectivity index (χ3v) is 4.67. The maximum Gasteiger partial charge on any atom is 0.129 e. The predicted octanol–water partition coefficient (Wildman–Crippen LogP) is 4.90. The highest BCUT2D eigenvalue weighted by molar-refractivity contribution is 9.10. The second kappa shape index (κ2) is 5.66. The highest BCUT2D eigenvalue weighted by Crippen LogP contribution is 2.40. The second-order valence-electron chi connectivity index (χ2n) is 5.40. The van der Waals surface area contributed by atoms with E-state index in [2.05, 4.69) is 22.0 Å². The third-order valence-electron chi connectivity index (χ3n) is 4.17. The van der Waals surface area contributed by atoms with Crippen LogP contribution in [0.3, 0.4) is 0 Å². The molecule has 1 aliphatic rings. The highest BCUT2D eigenvalue weighted by Gasteiger charge is 2.25. The molecule has 3 rings (SSSR count). The zero-order chi connectivity index (χ0) is 14.1. The fourth-order valence-electron chi connectivity index (χ4n) is 2.81. The van der Waals surface area contributed by atoms with Crippen LogP contribution in [0.2, 0.25) is 0 Å². The van der Waals surface area contributed by atoms with Crippen LogP contribution in [0.1, 0.15) is 47.9 Å². The molecule has 0 aromatic heterocycles. The smallest absolute Gasteiger partial charge is 0.129 e. The first-order chi connectivity index (χ1) is 9.66. The largest absolute Gasteiger partial charge is 0.320 e. The van der Waals surface area contributed by atoms with Crippen LogP contribution in [0.25, 0.3) is 0 Å². The first-order valence-electron chi connectivity index (χ1n) is 6.96. The van der Waals surface area contributed by atoms with Crippen molar-refractivity contribution in [1.82, 2.24) is 0 Å². The van der Waals surface area contributed by atoms with E-state index in [1.807, 2.05) is 24.3 Å². The maximum atomic E-state index is 14.1. The molecular formula is C17H17BrFN. The van der Waals surface area contributed by atoms with Crippen molar-refractivity contribution in [2.45, 2.75) is 31.2 Å². The molecule has 2 aromatic carbocycles. The molecule has 0 saturated heterocycles. The van der Waals surface area contributed by atoms with Gasteiger partial charge in [0.1, 0.15) is 5.82 Å². The summed E-state index contributed by atoms with van der Waals surface area (Å²) in [5.74, 6) is 0.339. The molecule has 0 spiro atoms. The molecule has 1 fully saturated rings. The van der Waals surface area contributed by atoms with Gasteiger partial charge in [0.25, 0.3) is 0 Å². The van der Waals surface area contributed by atoms with Crippen molar-refractivity contribution in [3.05, 3.63) is 69.4 Å². The summed E-state index contributed by atoms with van der Waals surface area (Å²) in [6, 6.07) is 12.9. The molecule has 2 N–H and O–H groups in total. The fraction of sp³-hybridized carbons (Fsp3) is 0.294. The monoisotopic (exact) mass is 333 g/mol. The van der Waals surface area contributed by atoms with Crippen molar-refractivity contribution in [3.8, 4) is 0 Å². The first-order valence-corrected chi connectivity index (χ1v) is 7.75. The average molecular weight is 334 g/mol. The molecule has 20 heavy (non-hydrogen) atoms. The first kappa shape index (κ1) is 13.8. The minimum Gasteiger partial charge on any atom is -0.320 e. The Morgan fingerprint density at radius 3 is 2.50 bits per heavy atom. The summed E-state index contributed by atoms with van der Waals surface area (Å²) >= 11 is 3.28. The number of hydrogen-bond acceptors (Lipinski definition) is 1. The van der Waals surface area contributed by atoms with E-state index in [1.165, 1.54) is 30.9 Å². The van der Waals surface area contributed by atoms with Gasteiger partial charge in [-0.1, -0.05) is 52.7 Å². The molecule has 0 amide bonds. The summed E-state index contributed by atoms with van der Waals surface area (Å²) < 4.78 is 14.8. The Kier molecular flexibility index (Phi) is 3.90. The number of nitrogens with two attached hydrogens (primary N) is 1. The summed E-state index contributed by atoms with van der Waals surface area (Å²) in [7, 11) is 0. The van der Waals surface area contributed by atoms with E-state index in [9.17, 15) is 4.39 Å². The standard InChI is InChI=1S/C17H17BrFN/c18-12-8-9-15(16(19)10-12)17(20)14-7-2-1-6-13(14)11-4-3-5-11/h1-2,6-11,17H,3-5,20H2. The van der Waals surface area contributed by atoms with Crippen LogP contribution in [-0.4, -0.2) is 0 Å². The quantitative estimate of drug-likeness (QED) is 0.848. The van der Waals surface area contributed by atoms with Crippen molar-refractivity contribution in [3.63, 3.8) is 0 Å². The number of hydrogen-bond donors (Lipinski definition) is 1. The van der Waals surface area contributed by atoms with Crippen LogP contribution in [0, 0.1) is 5.82 Å². The molecule has 2 aromatic rings. The minimum atomic E-state index is -0.403. The van der Waals surface area contributed by atoms with E-state index in [1.54, 1.807) is 6.07 Å². The van der Waals surface area contributed by atoms with Gasteiger partial charge < -0.3 is 5.73 Å². The molecule has 0 aliphatic heterocycles. The van der Waals surface area contributed by atoms with E-state index in [0.717, 1.165) is 10.0 Å². The lowest BCUT2D eigenvalue weighted by molar-refractivity contribution is 0.416. The summed E-state index contributed by atoms with van der Waals surface area (Å²) in [6.07, 6.45) is 3.71. The van der Waals surface area contributed by atoms with E-state index in [0.29, 0.717) is 11.5 Å². The Labute approximate surface area is 127 Å². The normalized spacial score (nSPS) is 16.8. The van der Waals surface area contributed by atoms with Crippen LogP contribution < -0.4 is 5.73 Å². The molecule has 0 radical (unpaired) electrons. The lowest BCUT2D eigenvalue weighted by atomic mass is 9.76. The molecule has 1 aliphatic carbocycles. The van der Waals surface area contributed by atoms with Crippen molar-refractivity contribution >= 4 is 15.9 Å². The molecule has 0 bridgehead atoms. The molecular weight excluding hydrogens is 317 g/mol. The van der Waals surface area contributed by atoms with Gasteiger partial charge in [-0.25, -0.2) is 4.39 Å². The van der Waals surface area contributed by atoms with Crippen molar-refractivity contribution in [1.29, 1.82) is 0 Å².